The van der Waals surface area contributed by atoms with Crippen molar-refractivity contribution < 1.29 is 14.6 Å². The predicted octanol–water partition coefficient (Wildman–Crippen LogP) is 1.67. The van der Waals surface area contributed by atoms with Gasteiger partial charge >= 0.3 is 0 Å². The molecular formula is C15H23NO3. The van der Waals surface area contributed by atoms with Crippen LogP contribution in [0.3, 0.4) is 0 Å². The lowest BCUT2D eigenvalue weighted by Crippen LogP contribution is -2.47. The molecule has 4 nitrogen and oxygen atoms in total. The summed E-state index contributed by atoms with van der Waals surface area (Å²) in [6, 6.07) is 3.94. The van der Waals surface area contributed by atoms with Crippen LogP contribution in [0.25, 0.3) is 0 Å². The molecule has 1 heterocycles. The lowest BCUT2D eigenvalue weighted by molar-refractivity contribution is 0.0164. The Bertz CT molecular complexity index is 439. The van der Waals surface area contributed by atoms with E-state index in [-0.39, 0.29) is 0 Å². The minimum atomic E-state index is -0.689. The number of β-amino-alcohol motifs (C(OH)–C–C–N with tert-alkyl or cyclic N) is 1. The summed E-state index contributed by atoms with van der Waals surface area (Å²) in [4.78, 5) is 0. The average Bonchev–Trinajstić information content (AvgIpc) is 2.40. The van der Waals surface area contributed by atoms with Crippen LogP contribution >= 0.6 is 0 Å². The van der Waals surface area contributed by atoms with E-state index in [2.05, 4.69) is 5.32 Å². The first-order valence-electron chi connectivity index (χ1n) is 6.72. The number of ether oxygens (including phenoxy) is 2. The number of aliphatic hydroxyl groups is 1. The van der Waals surface area contributed by atoms with Crippen LogP contribution in [0, 0.1) is 6.92 Å². The summed E-state index contributed by atoms with van der Waals surface area (Å²) in [6.07, 6.45) is 2.40. The molecule has 106 valence electrons. The molecule has 19 heavy (non-hydrogen) atoms. The summed E-state index contributed by atoms with van der Waals surface area (Å²) in [5.41, 5.74) is 1.35. The second kappa shape index (κ2) is 5.80. The van der Waals surface area contributed by atoms with E-state index < -0.39 is 5.60 Å². The summed E-state index contributed by atoms with van der Waals surface area (Å²) >= 11 is 0. The molecule has 1 unspecified atom stereocenters. The van der Waals surface area contributed by atoms with E-state index in [1.54, 1.807) is 14.2 Å². The maximum Gasteiger partial charge on any atom is 0.122 e. The lowest BCUT2D eigenvalue weighted by Gasteiger charge is -2.33. The predicted molar refractivity (Wildman–Crippen MR) is 75.0 cm³/mol. The first kappa shape index (κ1) is 14.2. The molecule has 0 radical (unpaired) electrons. The third-order valence-electron chi connectivity index (χ3n) is 3.77. The number of piperidine rings is 1. The number of methoxy groups -OCH3 is 2. The molecule has 0 bridgehead atoms. The van der Waals surface area contributed by atoms with E-state index in [9.17, 15) is 5.11 Å². The van der Waals surface area contributed by atoms with Crippen molar-refractivity contribution >= 4 is 0 Å². The van der Waals surface area contributed by atoms with E-state index in [1.807, 2.05) is 19.1 Å². The first-order valence-corrected chi connectivity index (χ1v) is 6.72. The van der Waals surface area contributed by atoms with Gasteiger partial charge in [0, 0.05) is 18.5 Å². The number of aryl methyl sites for hydroxylation is 1. The van der Waals surface area contributed by atoms with Crippen molar-refractivity contribution in [2.24, 2.45) is 0 Å². The minimum absolute atomic E-state index is 0.583. The normalized spacial score (nSPS) is 23.2. The Morgan fingerprint density at radius 2 is 2.00 bits per heavy atom. The molecular weight excluding hydrogens is 242 g/mol. The highest BCUT2D eigenvalue weighted by Crippen LogP contribution is 2.32. The van der Waals surface area contributed by atoms with Gasteiger partial charge in [0.2, 0.25) is 0 Å². The second-order valence-electron chi connectivity index (χ2n) is 5.32. The minimum Gasteiger partial charge on any atom is -0.496 e. The van der Waals surface area contributed by atoms with Gasteiger partial charge in [-0.25, -0.2) is 0 Å². The van der Waals surface area contributed by atoms with Crippen LogP contribution in [0.1, 0.15) is 24.0 Å². The molecule has 1 aliphatic rings. The Balaban J connectivity index is 2.27. The van der Waals surface area contributed by atoms with E-state index >= 15 is 0 Å². The van der Waals surface area contributed by atoms with Crippen LogP contribution < -0.4 is 14.8 Å². The fourth-order valence-corrected chi connectivity index (χ4v) is 2.71. The molecule has 1 fully saturated rings. The van der Waals surface area contributed by atoms with Crippen molar-refractivity contribution in [3.8, 4) is 11.5 Å². The summed E-state index contributed by atoms with van der Waals surface area (Å²) in [5.74, 6) is 1.65. The molecule has 1 aliphatic heterocycles. The molecule has 1 atom stereocenters. The van der Waals surface area contributed by atoms with Crippen molar-refractivity contribution in [2.75, 3.05) is 27.3 Å². The number of benzene rings is 1. The van der Waals surface area contributed by atoms with Crippen molar-refractivity contribution in [3.05, 3.63) is 23.3 Å². The van der Waals surface area contributed by atoms with Crippen LogP contribution in [0.2, 0.25) is 0 Å². The Morgan fingerprint density at radius 1 is 1.26 bits per heavy atom. The van der Waals surface area contributed by atoms with Gasteiger partial charge in [0.05, 0.1) is 19.8 Å². The van der Waals surface area contributed by atoms with Gasteiger partial charge in [0.25, 0.3) is 0 Å². The zero-order valence-corrected chi connectivity index (χ0v) is 12.0. The molecule has 0 saturated carbocycles. The highest BCUT2D eigenvalue weighted by atomic mass is 16.5. The maximum absolute atomic E-state index is 10.6. The molecule has 1 aromatic carbocycles. The zero-order valence-electron chi connectivity index (χ0n) is 12.0. The molecule has 2 N–H and O–H groups in total. The average molecular weight is 265 g/mol. The fraction of sp³-hybridized carbons (Fsp3) is 0.600. The molecule has 1 aromatic rings. The Kier molecular flexibility index (Phi) is 4.32. The Morgan fingerprint density at radius 3 is 2.58 bits per heavy atom. The highest BCUT2D eigenvalue weighted by Gasteiger charge is 2.30. The summed E-state index contributed by atoms with van der Waals surface area (Å²) in [7, 11) is 3.32. The molecule has 0 spiro atoms. The van der Waals surface area contributed by atoms with Gasteiger partial charge < -0.3 is 19.9 Å². The SMILES string of the molecule is COc1cc(CC2(O)CCCNC2)c(OC)cc1C. The topological polar surface area (TPSA) is 50.7 Å². The van der Waals surface area contributed by atoms with Crippen LogP contribution in [0.4, 0.5) is 0 Å². The smallest absolute Gasteiger partial charge is 0.122 e. The third-order valence-corrected chi connectivity index (χ3v) is 3.77. The lowest BCUT2D eigenvalue weighted by atomic mass is 9.87. The maximum atomic E-state index is 10.6. The van der Waals surface area contributed by atoms with Gasteiger partial charge in [0.15, 0.2) is 0 Å². The first-order chi connectivity index (χ1) is 9.08. The zero-order chi connectivity index (χ0) is 13.9. The molecule has 2 rings (SSSR count). The van der Waals surface area contributed by atoms with Gasteiger partial charge in [-0.05, 0) is 44.0 Å². The van der Waals surface area contributed by atoms with E-state index in [0.29, 0.717) is 13.0 Å². The van der Waals surface area contributed by atoms with E-state index in [0.717, 1.165) is 42.0 Å². The second-order valence-corrected chi connectivity index (χ2v) is 5.32. The Hall–Kier alpha value is -1.26. The van der Waals surface area contributed by atoms with Gasteiger partial charge in [-0.3, -0.25) is 0 Å². The van der Waals surface area contributed by atoms with Crippen LogP contribution in [-0.2, 0) is 6.42 Å². The van der Waals surface area contributed by atoms with Crippen molar-refractivity contribution in [2.45, 2.75) is 31.8 Å². The van der Waals surface area contributed by atoms with Crippen molar-refractivity contribution in [1.82, 2.24) is 5.32 Å². The van der Waals surface area contributed by atoms with Crippen LogP contribution in [-0.4, -0.2) is 38.0 Å². The molecule has 0 amide bonds. The standard InChI is InChI=1S/C15H23NO3/c1-11-7-14(19-3)12(8-13(11)18-2)9-15(17)5-4-6-16-10-15/h7-8,16-17H,4-6,9-10H2,1-3H3. The molecule has 4 heteroatoms. The molecule has 1 saturated heterocycles. The highest BCUT2D eigenvalue weighted by molar-refractivity contribution is 5.46. The number of rotatable bonds is 4. The van der Waals surface area contributed by atoms with Crippen molar-refractivity contribution in [1.29, 1.82) is 0 Å². The molecule has 0 aliphatic carbocycles. The van der Waals surface area contributed by atoms with E-state index in [4.69, 9.17) is 9.47 Å². The summed E-state index contributed by atoms with van der Waals surface area (Å²) in [6.45, 7) is 3.60. The molecule has 0 aromatic heterocycles. The van der Waals surface area contributed by atoms with Crippen molar-refractivity contribution in [3.63, 3.8) is 0 Å². The summed E-state index contributed by atoms with van der Waals surface area (Å²) < 4.78 is 10.8. The van der Waals surface area contributed by atoms with Crippen LogP contribution in [0.5, 0.6) is 11.5 Å². The third kappa shape index (κ3) is 3.19. The monoisotopic (exact) mass is 265 g/mol. The largest absolute Gasteiger partial charge is 0.496 e. The van der Waals surface area contributed by atoms with E-state index in [1.165, 1.54) is 0 Å². The van der Waals surface area contributed by atoms with Crippen LogP contribution in [0.15, 0.2) is 12.1 Å². The Labute approximate surface area is 114 Å². The quantitative estimate of drug-likeness (QED) is 0.869. The van der Waals surface area contributed by atoms with Gasteiger partial charge in [0.1, 0.15) is 11.5 Å². The number of hydrogen-bond acceptors (Lipinski definition) is 4. The number of nitrogens with one attached hydrogen (secondary N) is 1. The number of hydrogen-bond donors (Lipinski definition) is 2. The fourth-order valence-electron chi connectivity index (χ4n) is 2.71. The van der Waals surface area contributed by atoms with Gasteiger partial charge in [-0.2, -0.15) is 0 Å². The van der Waals surface area contributed by atoms with Gasteiger partial charge in [-0.1, -0.05) is 0 Å². The summed E-state index contributed by atoms with van der Waals surface area (Å²) in [5, 5.41) is 13.9. The van der Waals surface area contributed by atoms with Gasteiger partial charge in [-0.15, -0.1) is 0 Å².